The molecule has 0 aliphatic heterocycles. The predicted molar refractivity (Wildman–Crippen MR) is 93.1 cm³/mol. The zero-order valence-electron chi connectivity index (χ0n) is 15.1. The van der Waals surface area contributed by atoms with Crippen LogP contribution in [-0.4, -0.2) is 17.7 Å². The van der Waals surface area contributed by atoms with E-state index in [4.69, 9.17) is 0 Å². The molecular formula is C20H29NO2. The molecule has 1 saturated carbocycles. The molecule has 23 heavy (non-hydrogen) atoms. The first-order valence-corrected chi connectivity index (χ1v) is 8.41. The van der Waals surface area contributed by atoms with Crippen molar-refractivity contribution in [3.63, 3.8) is 0 Å². The summed E-state index contributed by atoms with van der Waals surface area (Å²) < 4.78 is 0. The Morgan fingerprint density at radius 2 is 1.61 bits per heavy atom. The van der Waals surface area contributed by atoms with Crippen LogP contribution in [0.5, 0.6) is 0 Å². The van der Waals surface area contributed by atoms with E-state index in [0.717, 1.165) is 6.42 Å². The molecule has 0 bridgehead atoms. The number of rotatable bonds is 4. The molecule has 0 aromatic heterocycles. The van der Waals surface area contributed by atoms with Gasteiger partial charge in [-0.15, -0.1) is 0 Å². The van der Waals surface area contributed by atoms with E-state index in [1.54, 1.807) is 0 Å². The van der Waals surface area contributed by atoms with E-state index >= 15 is 0 Å². The van der Waals surface area contributed by atoms with Gasteiger partial charge < -0.3 is 5.32 Å². The summed E-state index contributed by atoms with van der Waals surface area (Å²) in [5.74, 6) is 0.392. The minimum atomic E-state index is -0.465. The highest BCUT2D eigenvalue weighted by molar-refractivity contribution is 5.94. The maximum Gasteiger partial charge on any atom is 0.224 e. The van der Waals surface area contributed by atoms with E-state index in [1.807, 2.05) is 59.7 Å². The third-order valence-electron chi connectivity index (χ3n) is 4.51. The molecule has 1 aliphatic rings. The number of carbonyl (C=O) groups excluding carboxylic acids is 2. The maximum absolute atomic E-state index is 12.7. The fourth-order valence-corrected chi connectivity index (χ4v) is 2.91. The molecule has 1 N–H and O–H groups in total. The van der Waals surface area contributed by atoms with Crippen molar-refractivity contribution >= 4 is 11.7 Å². The van der Waals surface area contributed by atoms with Crippen LogP contribution in [0.2, 0.25) is 0 Å². The standard InChI is InChI=1S/C20H29NO2/c1-19(2,3)16(17(22)20(4,5)6)21-18(23)15-12-14(15)13-10-8-7-9-11-13/h7-11,14-16H,12H2,1-6H3,(H,21,23)/t14-,15+,16+/m0/s1. The average Bonchev–Trinajstić information content (AvgIpc) is 3.23. The van der Waals surface area contributed by atoms with Crippen LogP contribution in [0.25, 0.3) is 0 Å². The lowest BCUT2D eigenvalue weighted by Gasteiger charge is -2.34. The monoisotopic (exact) mass is 315 g/mol. The number of ketones is 1. The summed E-state index contributed by atoms with van der Waals surface area (Å²) >= 11 is 0. The Morgan fingerprint density at radius 3 is 2.09 bits per heavy atom. The first-order chi connectivity index (χ1) is 10.5. The van der Waals surface area contributed by atoms with Crippen LogP contribution in [0, 0.1) is 16.7 Å². The largest absolute Gasteiger partial charge is 0.345 e. The Labute approximate surface area is 139 Å². The third kappa shape index (κ3) is 4.21. The molecule has 0 heterocycles. The fraction of sp³-hybridized carbons (Fsp3) is 0.600. The number of benzene rings is 1. The molecule has 3 heteroatoms. The van der Waals surface area contributed by atoms with Crippen molar-refractivity contribution in [1.82, 2.24) is 5.32 Å². The molecule has 3 atom stereocenters. The lowest BCUT2D eigenvalue weighted by Crippen LogP contribution is -2.53. The zero-order chi connectivity index (χ0) is 17.4. The van der Waals surface area contributed by atoms with E-state index in [0.29, 0.717) is 5.92 Å². The molecule has 2 rings (SSSR count). The minimum absolute atomic E-state index is 0.00461. The molecule has 0 spiro atoms. The molecule has 1 aliphatic carbocycles. The van der Waals surface area contributed by atoms with Crippen molar-refractivity contribution in [2.75, 3.05) is 0 Å². The van der Waals surface area contributed by atoms with Gasteiger partial charge in [-0.2, -0.15) is 0 Å². The van der Waals surface area contributed by atoms with Crippen molar-refractivity contribution in [3.8, 4) is 0 Å². The predicted octanol–water partition coefficient (Wildman–Crippen LogP) is 3.94. The summed E-state index contributed by atoms with van der Waals surface area (Å²) in [6, 6.07) is 9.68. The minimum Gasteiger partial charge on any atom is -0.345 e. The highest BCUT2D eigenvalue weighted by Gasteiger charge is 2.46. The van der Waals surface area contributed by atoms with Gasteiger partial charge in [-0.05, 0) is 23.3 Å². The molecule has 0 saturated heterocycles. The average molecular weight is 315 g/mol. The van der Waals surface area contributed by atoms with Crippen LogP contribution < -0.4 is 5.32 Å². The molecule has 0 unspecified atom stereocenters. The zero-order valence-corrected chi connectivity index (χ0v) is 15.1. The van der Waals surface area contributed by atoms with Gasteiger partial charge in [-0.1, -0.05) is 71.9 Å². The van der Waals surface area contributed by atoms with Gasteiger partial charge in [-0.25, -0.2) is 0 Å². The van der Waals surface area contributed by atoms with Gasteiger partial charge >= 0.3 is 0 Å². The topological polar surface area (TPSA) is 46.2 Å². The van der Waals surface area contributed by atoms with Gasteiger partial charge in [0.15, 0.2) is 5.78 Å². The second-order valence-electron chi connectivity index (χ2n) is 8.78. The first-order valence-electron chi connectivity index (χ1n) is 8.41. The fourth-order valence-electron chi connectivity index (χ4n) is 2.91. The highest BCUT2D eigenvalue weighted by Crippen LogP contribution is 2.47. The number of hydrogen-bond donors (Lipinski definition) is 1. The first kappa shape index (κ1) is 17.7. The summed E-state index contributed by atoms with van der Waals surface area (Å²) in [6.45, 7) is 11.7. The van der Waals surface area contributed by atoms with Crippen molar-refractivity contribution in [2.45, 2.75) is 59.9 Å². The molecular weight excluding hydrogens is 286 g/mol. The van der Waals surface area contributed by atoms with Crippen LogP contribution in [0.4, 0.5) is 0 Å². The molecule has 1 aromatic carbocycles. The Balaban J connectivity index is 2.07. The normalized spacial score (nSPS) is 22.3. The van der Waals surface area contributed by atoms with Gasteiger partial charge in [0.25, 0.3) is 0 Å². The van der Waals surface area contributed by atoms with E-state index in [-0.39, 0.29) is 23.0 Å². The van der Waals surface area contributed by atoms with Crippen LogP contribution >= 0.6 is 0 Å². The number of hydrogen-bond acceptors (Lipinski definition) is 2. The van der Waals surface area contributed by atoms with Crippen LogP contribution in [-0.2, 0) is 9.59 Å². The Morgan fingerprint density at radius 1 is 1.04 bits per heavy atom. The maximum atomic E-state index is 12.7. The molecule has 1 amide bonds. The van der Waals surface area contributed by atoms with Crippen molar-refractivity contribution in [2.24, 2.45) is 16.7 Å². The van der Waals surface area contributed by atoms with Crippen LogP contribution in [0.15, 0.2) is 30.3 Å². The second-order valence-corrected chi connectivity index (χ2v) is 8.78. The van der Waals surface area contributed by atoms with Crippen molar-refractivity contribution in [1.29, 1.82) is 0 Å². The van der Waals surface area contributed by atoms with Crippen molar-refractivity contribution < 1.29 is 9.59 Å². The van der Waals surface area contributed by atoms with Gasteiger partial charge in [0.1, 0.15) is 0 Å². The Hall–Kier alpha value is -1.64. The molecule has 3 nitrogen and oxygen atoms in total. The number of carbonyl (C=O) groups is 2. The summed E-state index contributed by atoms with van der Waals surface area (Å²) in [7, 11) is 0. The van der Waals surface area contributed by atoms with E-state index in [1.165, 1.54) is 5.56 Å². The Bertz CT molecular complexity index is 578. The quantitative estimate of drug-likeness (QED) is 0.915. The molecule has 0 radical (unpaired) electrons. The number of nitrogens with one attached hydrogen (secondary N) is 1. The Kier molecular flexibility index (Phi) is 4.70. The molecule has 1 fully saturated rings. The van der Waals surface area contributed by atoms with Gasteiger partial charge in [0.2, 0.25) is 5.91 Å². The van der Waals surface area contributed by atoms with Crippen LogP contribution in [0.1, 0.15) is 59.4 Å². The highest BCUT2D eigenvalue weighted by atomic mass is 16.2. The van der Waals surface area contributed by atoms with Gasteiger partial charge in [-0.3, -0.25) is 9.59 Å². The molecule has 126 valence electrons. The van der Waals surface area contributed by atoms with E-state index in [9.17, 15) is 9.59 Å². The lowest BCUT2D eigenvalue weighted by molar-refractivity contribution is -0.135. The van der Waals surface area contributed by atoms with E-state index in [2.05, 4.69) is 17.4 Å². The lowest BCUT2D eigenvalue weighted by atomic mass is 9.75. The smallest absolute Gasteiger partial charge is 0.224 e. The van der Waals surface area contributed by atoms with Crippen LogP contribution in [0.3, 0.4) is 0 Å². The summed E-state index contributed by atoms with van der Waals surface area (Å²) in [5.41, 5.74) is 0.451. The SMILES string of the molecule is CC(C)(C)C(=O)[C@@H](NC(=O)[C@@H]1C[C@H]1c1ccccc1)C(C)(C)C. The van der Waals surface area contributed by atoms with Crippen molar-refractivity contribution in [3.05, 3.63) is 35.9 Å². The third-order valence-corrected chi connectivity index (χ3v) is 4.51. The molecule has 1 aromatic rings. The summed E-state index contributed by atoms with van der Waals surface area (Å²) in [6.07, 6.45) is 0.871. The number of amides is 1. The summed E-state index contributed by atoms with van der Waals surface area (Å²) in [4.78, 5) is 25.3. The summed E-state index contributed by atoms with van der Waals surface area (Å²) in [5, 5.41) is 3.04. The van der Waals surface area contributed by atoms with E-state index < -0.39 is 11.5 Å². The second kappa shape index (κ2) is 6.10. The van der Waals surface area contributed by atoms with Gasteiger partial charge in [0, 0.05) is 11.3 Å². The van der Waals surface area contributed by atoms with Gasteiger partial charge in [0.05, 0.1) is 6.04 Å². The number of Topliss-reactive ketones (excluding diaryl/α,β-unsaturated/α-hetero) is 1.